The van der Waals surface area contributed by atoms with Gasteiger partial charge in [-0.3, -0.25) is 15.0 Å². The molecular weight excluding hydrogens is 428 g/mol. The Labute approximate surface area is 200 Å². The minimum atomic E-state index is -0.509. The van der Waals surface area contributed by atoms with Crippen molar-refractivity contribution >= 4 is 5.71 Å². The van der Waals surface area contributed by atoms with Gasteiger partial charge >= 0.3 is 0 Å². The third-order valence-electron chi connectivity index (χ3n) is 8.05. The monoisotopic (exact) mass is 460 g/mol. The molecule has 3 saturated heterocycles. The molecule has 1 aromatic rings. The Bertz CT molecular complexity index is 1080. The summed E-state index contributed by atoms with van der Waals surface area (Å²) in [7, 11) is 0. The standard InChI is InChI=1S/C25H32N8O/c1-17-15-34-11-10-33(17)22-12-20(25(16-26)4-8-32(9-5-25)18-13-27-14-18)19-2-6-28-24(23(19)30-22)21-3-7-29-31-21/h2-3,6-7,12,17-18,23,27,30H,4-5,8-11,13-15H2,1H3,(H,29,31)/t17-,23?/m1/s1. The second kappa shape index (κ2) is 8.69. The number of likely N-dealkylation sites (tertiary alicyclic amines) is 1. The van der Waals surface area contributed by atoms with Crippen molar-refractivity contribution in [2.24, 2.45) is 10.4 Å². The van der Waals surface area contributed by atoms with E-state index in [-0.39, 0.29) is 12.1 Å². The topological polar surface area (TPSA) is 105 Å². The molecule has 0 aliphatic carbocycles. The molecule has 3 fully saturated rings. The second-order valence-electron chi connectivity index (χ2n) is 9.94. The number of nitrogens with zero attached hydrogens (tertiary/aromatic N) is 5. The Balaban J connectivity index is 1.40. The number of morpholine rings is 1. The summed E-state index contributed by atoms with van der Waals surface area (Å²) in [6.45, 7) is 8.45. The Hall–Kier alpha value is -2.93. The number of aromatic amines is 1. The number of piperidine rings is 1. The molecule has 9 nitrogen and oxygen atoms in total. The van der Waals surface area contributed by atoms with Crippen LogP contribution in [0.5, 0.6) is 0 Å². The van der Waals surface area contributed by atoms with Gasteiger partial charge in [-0.2, -0.15) is 10.4 Å². The summed E-state index contributed by atoms with van der Waals surface area (Å²) in [6, 6.07) is 5.49. The average molecular weight is 461 g/mol. The third kappa shape index (κ3) is 3.57. The Morgan fingerprint density at radius 3 is 2.76 bits per heavy atom. The molecule has 3 N–H and O–H groups in total. The van der Waals surface area contributed by atoms with Crippen molar-refractivity contribution in [3.8, 4) is 6.07 Å². The lowest BCUT2D eigenvalue weighted by Gasteiger charge is -2.47. The lowest BCUT2D eigenvalue weighted by atomic mass is 9.69. The van der Waals surface area contributed by atoms with Gasteiger partial charge in [-0.1, -0.05) is 0 Å². The number of allylic oxidation sites excluding steroid dienone is 2. The van der Waals surface area contributed by atoms with Crippen LogP contribution in [-0.2, 0) is 4.74 Å². The van der Waals surface area contributed by atoms with Gasteiger partial charge in [-0.05, 0) is 49.1 Å². The predicted octanol–water partition coefficient (Wildman–Crippen LogP) is 1.13. The Kier molecular flexibility index (Phi) is 5.52. The van der Waals surface area contributed by atoms with Crippen molar-refractivity contribution < 1.29 is 4.74 Å². The molecular formula is C25H32N8O. The molecule has 0 saturated carbocycles. The fourth-order valence-electron chi connectivity index (χ4n) is 5.85. The van der Waals surface area contributed by atoms with Crippen LogP contribution in [0.3, 0.4) is 0 Å². The van der Waals surface area contributed by atoms with Crippen LogP contribution in [0, 0.1) is 16.7 Å². The van der Waals surface area contributed by atoms with E-state index in [1.807, 2.05) is 12.3 Å². The van der Waals surface area contributed by atoms with Crippen molar-refractivity contribution in [3.05, 3.63) is 53.3 Å². The zero-order valence-electron chi connectivity index (χ0n) is 19.6. The number of H-pyrrole nitrogens is 1. The summed E-state index contributed by atoms with van der Waals surface area (Å²) < 4.78 is 5.70. The summed E-state index contributed by atoms with van der Waals surface area (Å²) in [5.74, 6) is 1.06. The van der Waals surface area contributed by atoms with E-state index in [2.05, 4.69) is 55.8 Å². The first kappa shape index (κ1) is 21.6. The quantitative estimate of drug-likeness (QED) is 0.619. The summed E-state index contributed by atoms with van der Waals surface area (Å²) in [6.07, 6.45) is 9.64. The van der Waals surface area contributed by atoms with Crippen LogP contribution < -0.4 is 10.6 Å². The van der Waals surface area contributed by atoms with Gasteiger partial charge in [-0.15, -0.1) is 0 Å². The van der Waals surface area contributed by atoms with Gasteiger partial charge in [0.2, 0.25) is 0 Å². The van der Waals surface area contributed by atoms with Crippen molar-refractivity contribution in [3.63, 3.8) is 0 Å². The van der Waals surface area contributed by atoms with E-state index in [0.717, 1.165) is 73.9 Å². The molecule has 0 radical (unpaired) electrons. The maximum atomic E-state index is 10.6. The number of dihydropyridines is 1. The number of nitriles is 1. The van der Waals surface area contributed by atoms with Crippen LogP contribution in [0.1, 0.15) is 25.5 Å². The summed E-state index contributed by atoms with van der Waals surface area (Å²) in [5, 5.41) is 25.0. The summed E-state index contributed by atoms with van der Waals surface area (Å²) in [5.41, 5.74) is 3.58. The maximum absolute atomic E-state index is 10.6. The van der Waals surface area contributed by atoms with Crippen LogP contribution in [0.15, 0.2) is 52.6 Å². The van der Waals surface area contributed by atoms with Crippen molar-refractivity contribution in [1.82, 2.24) is 30.6 Å². The van der Waals surface area contributed by atoms with E-state index in [9.17, 15) is 5.26 Å². The number of hydrogen-bond acceptors (Lipinski definition) is 8. The molecule has 0 bridgehead atoms. The lowest BCUT2D eigenvalue weighted by molar-refractivity contribution is 0.0129. The molecule has 6 heterocycles. The lowest BCUT2D eigenvalue weighted by Crippen LogP contribution is -2.60. The van der Waals surface area contributed by atoms with Crippen LogP contribution >= 0.6 is 0 Å². The zero-order valence-corrected chi connectivity index (χ0v) is 19.6. The van der Waals surface area contributed by atoms with E-state index in [1.165, 1.54) is 0 Å². The van der Waals surface area contributed by atoms with E-state index in [0.29, 0.717) is 19.3 Å². The Morgan fingerprint density at radius 1 is 1.24 bits per heavy atom. The second-order valence-corrected chi connectivity index (χ2v) is 9.94. The van der Waals surface area contributed by atoms with Crippen molar-refractivity contribution in [1.29, 1.82) is 5.26 Å². The summed E-state index contributed by atoms with van der Waals surface area (Å²) >= 11 is 0. The molecule has 1 unspecified atom stereocenters. The number of ether oxygens (including phenoxy) is 1. The molecule has 5 aliphatic heterocycles. The number of aromatic nitrogens is 2. The SMILES string of the molecule is C[C@@H]1COCCN1C1=CC(C2(C#N)CCN(C3CNC3)CC2)=C2C=CN=C(c3ccn[nH]3)C2N1. The van der Waals surface area contributed by atoms with Crippen molar-refractivity contribution in [2.45, 2.75) is 37.9 Å². The molecule has 0 aromatic carbocycles. The fraction of sp³-hybridized carbons (Fsp3) is 0.560. The van der Waals surface area contributed by atoms with Gasteiger partial charge in [0.25, 0.3) is 0 Å². The molecule has 0 amide bonds. The van der Waals surface area contributed by atoms with Gasteiger partial charge in [-0.25, -0.2) is 0 Å². The summed E-state index contributed by atoms with van der Waals surface area (Å²) in [4.78, 5) is 9.67. The molecule has 2 atom stereocenters. The fourth-order valence-corrected chi connectivity index (χ4v) is 5.85. The minimum Gasteiger partial charge on any atom is -0.377 e. The molecule has 1 aromatic heterocycles. The highest BCUT2D eigenvalue weighted by molar-refractivity contribution is 6.06. The molecule has 9 heteroatoms. The van der Waals surface area contributed by atoms with Crippen molar-refractivity contribution in [2.75, 3.05) is 45.9 Å². The number of fused-ring (bicyclic) bond motifs is 1. The van der Waals surface area contributed by atoms with E-state index < -0.39 is 5.41 Å². The average Bonchev–Trinajstić information content (AvgIpc) is 3.38. The van der Waals surface area contributed by atoms with Gasteiger partial charge in [0, 0.05) is 51.2 Å². The van der Waals surface area contributed by atoms with Crippen LogP contribution in [0.4, 0.5) is 0 Å². The number of aliphatic imine (C=N–C) groups is 1. The molecule has 0 spiro atoms. The molecule has 34 heavy (non-hydrogen) atoms. The van der Waals surface area contributed by atoms with E-state index in [4.69, 9.17) is 9.73 Å². The van der Waals surface area contributed by atoms with Crippen LogP contribution in [-0.4, -0.2) is 89.8 Å². The first-order chi connectivity index (χ1) is 16.7. The highest BCUT2D eigenvalue weighted by atomic mass is 16.5. The van der Waals surface area contributed by atoms with E-state index >= 15 is 0 Å². The maximum Gasteiger partial charge on any atom is 0.103 e. The first-order valence-corrected chi connectivity index (χ1v) is 12.4. The van der Waals surface area contributed by atoms with Gasteiger partial charge in [0.15, 0.2) is 0 Å². The largest absolute Gasteiger partial charge is 0.377 e. The zero-order chi connectivity index (χ0) is 23.1. The number of rotatable bonds is 4. The highest BCUT2D eigenvalue weighted by Crippen LogP contribution is 2.44. The molecule has 178 valence electrons. The van der Waals surface area contributed by atoms with Gasteiger partial charge in [0.05, 0.1) is 48.2 Å². The van der Waals surface area contributed by atoms with Gasteiger partial charge in [0.1, 0.15) is 5.82 Å². The van der Waals surface area contributed by atoms with Gasteiger partial charge < -0.3 is 20.3 Å². The number of hydrogen-bond donors (Lipinski definition) is 3. The smallest absolute Gasteiger partial charge is 0.103 e. The number of nitrogens with one attached hydrogen (secondary N) is 3. The predicted molar refractivity (Wildman–Crippen MR) is 129 cm³/mol. The first-order valence-electron chi connectivity index (χ1n) is 12.4. The third-order valence-corrected chi connectivity index (χ3v) is 8.05. The normalized spacial score (nSPS) is 29.5. The minimum absolute atomic E-state index is 0.130. The molecule has 6 rings (SSSR count). The Morgan fingerprint density at radius 2 is 2.09 bits per heavy atom. The van der Waals surface area contributed by atoms with Crippen LogP contribution in [0.2, 0.25) is 0 Å². The highest BCUT2D eigenvalue weighted by Gasteiger charge is 2.44. The van der Waals surface area contributed by atoms with E-state index in [1.54, 1.807) is 6.20 Å². The molecule has 5 aliphatic rings. The van der Waals surface area contributed by atoms with Crippen LogP contribution in [0.25, 0.3) is 0 Å².